The van der Waals surface area contributed by atoms with Crippen LogP contribution in [0.5, 0.6) is 0 Å². The van der Waals surface area contributed by atoms with Crippen LogP contribution in [0.15, 0.2) is 36.5 Å². The van der Waals surface area contributed by atoms with Crippen LogP contribution in [-0.2, 0) is 28.6 Å². The second-order valence-corrected chi connectivity index (χ2v) is 14.6. The van der Waals surface area contributed by atoms with Crippen LogP contribution in [-0.4, -0.2) is 37.2 Å². The van der Waals surface area contributed by atoms with Crippen LogP contribution in [0.25, 0.3) is 0 Å². The summed E-state index contributed by atoms with van der Waals surface area (Å²) in [6.07, 6.45) is 45.8. The molecule has 0 rings (SSSR count). The standard InChI is InChI=1S/C46H82O6/c1-4-7-10-13-16-18-19-20-21-22-23-24-25-26-27-29-30-33-36-39-45(48)51-42-43(41-50-44(47)38-35-32-15-12-9-6-3)52-46(49)40-37-34-31-28-17-14-11-8-5-2/h16,18,20-21,23-24,43H,4-15,17,19,22,25-42H2,1-3H3/b18-16-,21-20-,24-23-. The molecule has 0 N–H and O–H groups in total. The zero-order valence-corrected chi connectivity index (χ0v) is 34.3. The highest BCUT2D eigenvalue weighted by Gasteiger charge is 2.19. The molecule has 1 atom stereocenters. The highest BCUT2D eigenvalue weighted by molar-refractivity contribution is 5.71. The third-order valence-electron chi connectivity index (χ3n) is 9.40. The van der Waals surface area contributed by atoms with Crippen molar-refractivity contribution in [2.24, 2.45) is 0 Å². The number of ether oxygens (including phenoxy) is 3. The summed E-state index contributed by atoms with van der Waals surface area (Å²) in [5, 5.41) is 0. The molecule has 0 bridgehead atoms. The summed E-state index contributed by atoms with van der Waals surface area (Å²) in [5.74, 6) is -0.901. The van der Waals surface area contributed by atoms with E-state index in [4.69, 9.17) is 14.2 Å². The fourth-order valence-electron chi connectivity index (χ4n) is 6.04. The minimum Gasteiger partial charge on any atom is -0.462 e. The van der Waals surface area contributed by atoms with Gasteiger partial charge < -0.3 is 14.2 Å². The molecule has 52 heavy (non-hydrogen) atoms. The molecule has 302 valence electrons. The Labute approximate surface area is 321 Å². The van der Waals surface area contributed by atoms with Crippen LogP contribution in [0.3, 0.4) is 0 Å². The molecular weight excluding hydrogens is 648 g/mol. The summed E-state index contributed by atoms with van der Waals surface area (Å²) in [6.45, 7) is 6.51. The van der Waals surface area contributed by atoms with Crippen LogP contribution in [0.2, 0.25) is 0 Å². The van der Waals surface area contributed by atoms with Crippen molar-refractivity contribution in [3.05, 3.63) is 36.5 Å². The lowest BCUT2D eigenvalue weighted by molar-refractivity contribution is -0.167. The smallest absolute Gasteiger partial charge is 0.306 e. The van der Waals surface area contributed by atoms with Crippen molar-refractivity contribution in [3.8, 4) is 0 Å². The zero-order chi connectivity index (χ0) is 38.0. The second kappa shape index (κ2) is 41.4. The third-order valence-corrected chi connectivity index (χ3v) is 9.40. The average Bonchev–Trinajstić information content (AvgIpc) is 3.14. The van der Waals surface area contributed by atoms with Gasteiger partial charge in [-0.05, 0) is 57.8 Å². The van der Waals surface area contributed by atoms with Crippen LogP contribution in [0.4, 0.5) is 0 Å². The van der Waals surface area contributed by atoms with Crippen molar-refractivity contribution < 1.29 is 28.6 Å². The van der Waals surface area contributed by atoms with Crippen LogP contribution in [0, 0.1) is 0 Å². The van der Waals surface area contributed by atoms with E-state index in [1.54, 1.807) is 0 Å². The summed E-state index contributed by atoms with van der Waals surface area (Å²) < 4.78 is 16.6. The van der Waals surface area contributed by atoms with Gasteiger partial charge in [-0.2, -0.15) is 0 Å². The minimum atomic E-state index is -0.768. The Morgan fingerprint density at radius 2 is 0.692 bits per heavy atom. The van der Waals surface area contributed by atoms with Gasteiger partial charge in [-0.25, -0.2) is 0 Å². The Hall–Kier alpha value is -2.37. The Morgan fingerprint density at radius 3 is 1.12 bits per heavy atom. The second-order valence-electron chi connectivity index (χ2n) is 14.6. The van der Waals surface area contributed by atoms with Gasteiger partial charge in [0.1, 0.15) is 13.2 Å². The molecule has 0 heterocycles. The van der Waals surface area contributed by atoms with Crippen molar-refractivity contribution in [2.75, 3.05) is 13.2 Å². The molecule has 0 spiro atoms. The van der Waals surface area contributed by atoms with E-state index in [1.165, 1.54) is 103 Å². The van der Waals surface area contributed by atoms with Gasteiger partial charge in [-0.3, -0.25) is 14.4 Å². The molecule has 0 fully saturated rings. The van der Waals surface area contributed by atoms with Gasteiger partial charge in [0.05, 0.1) is 0 Å². The number of carbonyl (C=O) groups excluding carboxylic acids is 3. The molecule has 6 heteroatoms. The fourth-order valence-corrected chi connectivity index (χ4v) is 6.04. The first-order valence-electron chi connectivity index (χ1n) is 22.0. The van der Waals surface area contributed by atoms with Gasteiger partial charge in [0.2, 0.25) is 0 Å². The number of allylic oxidation sites excluding steroid dienone is 6. The minimum absolute atomic E-state index is 0.0752. The number of unbranched alkanes of at least 4 members (excludes halogenated alkanes) is 22. The fraction of sp³-hybridized carbons (Fsp3) is 0.804. The zero-order valence-electron chi connectivity index (χ0n) is 34.3. The molecule has 1 unspecified atom stereocenters. The van der Waals surface area contributed by atoms with Crippen molar-refractivity contribution in [1.82, 2.24) is 0 Å². The molecule has 0 amide bonds. The Bertz CT molecular complexity index is 891. The van der Waals surface area contributed by atoms with Crippen molar-refractivity contribution in [2.45, 2.75) is 226 Å². The average molecular weight is 731 g/mol. The van der Waals surface area contributed by atoms with Gasteiger partial charge >= 0.3 is 17.9 Å². The largest absolute Gasteiger partial charge is 0.462 e. The number of rotatable bonds is 39. The number of hydrogen-bond donors (Lipinski definition) is 0. The van der Waals surface area contributed by atoms with E-state index >= 15 is 0 Å². The highest BCUT2D eigenvalue weighted by Crippen LogP contribution is 2.13. The quantitative estimate of drug-likeness (QED) is 0.0271. The predicted molar refractivity (Wildman–Crippen MR) is 219 cm³/mol. The molecule has 0 aliphatic heterocycles. The van der Waals surface area contributed by atoms with Gasteiger partial charge in [-0.1, -0.05) is 179 Å². The molecule has 6 nitrogen and oxygen atoms in total. The summed E-state index contributed by atoms with van der Waals surface area (Å²) in [5.41, 5.74) is 0. The van der Waals surface area contributed by atoms with E-state index in [0.29, 0.717) is 19.3 Å². The molecule has 0 saturated carbocycles. The molecule has 0 aromatic carbocycles. The summed E-state index contributed by atoms with van der Waals surface area (Å²) in [7, 11) is 0. The topological polar surface area (TPSA) is 78.9 Å². The molecular formula is C46H82O6. The van der Waals surface area contributed by atoms with Gasteiger partial charge in [-0.15, -0.1) is 0 Å². The normalized spacial score (nSPS) is 12.3. The first kappa shape index (κ1) is 49.6. The molecule has 0 aliphatic rings. The monoisotopic (exact) mass is 731 g/mol. The summed E-state index contributed by atoms with van der Waals surface area (Å²) >= 11 is 0. The maximum absolute atomic E-state index is 12.6. The van der Waals surface area contributed by atoms with E-state index in [2.05, 4.69) is 57.2 Å². The van der Waals surface area contributed by atoms with Crippen LogP contribution >= 0.6 is 0 Å². The predicted octanol–water partition coefficient (Wildman–Crippen LogP) is 13.8. The SMILES string of the molecule is CCCCC/C=C\C/C=C\C/C=C\CCCCCCCCC(=O)OCC(COC(=O)CCCCCCCC)OC(=O)CCCCCCCCCCC. The van der Waals surface area contributed by atoms with Crippen LogP contribution in [0.1, 0.15) is 220 Å². The van der Waals surface area contributed by atoms with Gasteiger partial charge in [0.15, 0.2) is 6.10 Å². The lowest BCUT2D eigenvalue weighted by Gasteiger charge is -2.18. The Balaban J connectivity index is 4.22. The molecule has 0 radical (unpaired) electrons. The lowest BCUT2D eigenvalue weighted by atomic mass is 10.1. The van der Waals surface area contributed by atoms with E-state index in [0.717, 1.165) is 77.0 Å². The van der Waals surface area contributed by atoms with E-state index in [-0.39, 0.29) is 31.1 Å². The molecule has 0 saturated heterocycles. The lowest BCUT2D eigenvalue weighted by Crippen LogP contribution is -2.30. The third kappa shape index (κ3) is 38.9. The Kier molecular flexibility index (Phi) is 39.5. The first-order chi connectivity index (χ1) is 25.5. The van der Waals surface area contributed by atoms with Crippen molar-refractivity contribution in [3.63, 3.8) is 0 Å². The van der Waals surface area contributed by atoms with E-state index in [1.807, 2.05) is 0 Å². The summed E-state index contributed by atoms with van der Waals surface area (Å²) in [4.78, 5) is 37.4. The van der Waals surface area contributed by atoms with Crippen molar-refractivity contribution in [1.29, 1.82) is 0 Å². The number of carbonyl (C=O) groups is 3. The number of esters is 3. The van der Waals surface area contributed by atoms with Crippen molar-refractivity contribution >= 4 is 17.9 Å². The van der Waals surface area contributed by atoms with E-state index in [9.17, 15) is 14.4 Å². The highest BCUT2D eigenvalue weighted by atomic mass is 16.6. The first-order valence-corrected chi connectivity index (χ1v) is 22.0. The molecule has 0 aromatic heterocycles. The number of hydrogen-bond acceptors (Lipinski definition) is 6. The Morgan fingerprint density at radius 1 is 0.385 bits per heavy atom. The maximum Gasteiger partial charge on any atom is 0.306 e. The molecule has 0 aromatic rings. The maximum atomic E-state index is 12.6. The summed E-state index contributed by atoms with van der Waals surface area (Å²) in [6, 6.07) is 0. The van der Waals surface area contributed by atoms with E-state index < -0.39 is 6.10 Å². The van der Waals surface area contributed by atoms with Crippen LogP contribution < -0.4 is 0 Å². The molecule has 0 aliphatic carbocycles. The van der Waals surface area contributed by atoms with Gasteiger partial charge in [0, 0.05) is 19.3 Å². The van der Waals surface area contributed by atoms with Gasteiger partial charge in [0.25, 0.3) is 0 Å².